The normalized spacial score (nSPS) is 25.2. The Hall–Kier alpha value is -0.830. The molecule has 3 nitrogen and oxygen atoms in total. The molecule has 1 aliphatic heterocycles. The Morgan fingerprint density at radius 3 is 2.46 bits per heavy atom. The summed E-state index contributed by atoms with van der Waals surface area (Å²) in [5, 5.41) is 0. The van der Waals surface area contributed by atoms with Crippen LogP contribution in [-0.2, 0) is 4.79 Å². The number of hydrogen-bond donors (Lipinski definition) is 1. The molecule has 3 heteroatoms. The number of carbonyl (C=O) groups excluding carboxylic acids is 1. The van der Waals surface area contributed by atoms with Crippen molar-refractivity contribution in [3.8, 4) is 0 Å². The molecule has 1 heterocycles. The number of hydrogen-bond acceptors (Lipinski definition) is 2. The zero-order valence-corrected chi connectivity index (χ0v) is 8.63. The third-order valence-electron chi connectivity index (χ3n) is 2.44. The lowest BCUT2D eigenvalue weighted by Crippen LogP contribution is -2.49. The summed E-state index contributed by atoms with van der Waals surface area (Å²) in [6.45, 7) is 10.9. The Bertz CT molecular complexity index is 240. The minimum Gasteiger partial charge on any atom is -0.368 e. The van der Waals surface area contributed by atoms with Gasteiger partial charge in [-0.2, -0.15) is 0 Å². The number of likely N-dealkylation sites (tertiary alicyclic amines) is 1. The maximum atomic E-state index is 11.1. The molecular formula is C10H18N2O. The van der Waals surface area contributed by atoms with Gasteiger partial charge in [0.25, 0.3) is 0 Å². The molecule has 0 bridgehead atoms. The smallest absolute Gasteiger partial charge is 0.235 e. The maximum absolute atomic E-state index is 11.1. The molecule has 0 unspecified atom stereocenters. The van der Waals surface area contributed by atoms with Gasteiger partial charge < -0.3 is 5.73 Å². The van der Waals surface area contributed by atoms with E-state index in [0.29, 0.717) is 6.42 Å². The topological polar surface area (TPSA) is 46.3 Å². The predicted octanol–water partition coefficient (Wildman–Crippen LogP) is 0.901. The summed E-state index contributed by atoms with van der Waals surface area (Å²) in [4.78, 5) is 13.3. The fourth-order valence-corrected chi connectivity index (χ4v) is 1.76. The second-order valence-corrected chi connectivity index (χ2v) is 4.67. The fourth-order valence-electron chi connectivity index (χ4n) is 1.76. The number of rotatable bonds is 1. The molecular weight excluding hydrogens is 164 g/mol. The van der Waals surface area contributed by atoms with Crippen LogP contribution in [0.25, 0.3) is 0 Å². The SMILES string of the molecule is C=C1C[C@@H](C(N)=O)N(C(C)(C)C)C1. The molecule has 1 fully saturated rings. The molecule has 1 rings (SSSR count). The third-order valence-corrected chi connectivity index (χ3v) is 2.44. The van der Waals surface area contributed by atoms with Crippen LogP contribution in [0.5, 0.6) is 0 Å². The monoisotopic (exact) mass is 182 g/mol. The van der Waals surface area contributed by atoms with Crippen molar-refractivity contribution in [3.63, 3.8) is 0 Å². The van der Waals surface area contributed by atoms with Gasteiger partial charge in [-0.1, -0.05) is 12.2 Å². The number of amides is 1. The molecule has 1 aliphatic rings. The number of carbonyl (C=O) groups is 1. The molecule has 0 saturated carbocycles. The molecule has 0 radical (unpaired) electrons. The van der Waals surface area contributed by atoms with Gasteiger partial charge in [0.1, 0.15) is 0 Å². The highest BCUT2D eigenvalue weighted by molar-refractivity contribution is 5.81. The van der Waals surface area contributed by atoms with E-state index in [-0.39, 0.29) is 17.5 Å². The second kappa shape index (κ2) is 3.14. The highest BCUT2D eigenvalue weighted by Gasteiger charge is 2.37. The first-order valence-electron chi connectivity index (χ1n) is 4.55. The molecule has 0 aliphatic carbocycles. The van der Waals surface area contributed by atoms with Crippen LogP contribution in [0.4, 0.5) is 0 Å². The van der Waals surface area contributed by atoms with Gasteiger partial charge in [-0.25, -0.2) is 0 Å². The van der Waals surface area contributed by atoms with Crippen LogP contribution in [0.15, 0.2) is 12.2 Å². The van der Waals surface area contributed by atoms with Crippen LogP contribution in [0.3, 0.4) is 0 Å². The Morgan fingerprint density at radius 1 is 1.62 bits per heavy atom. The average Bonchev–Trinajstić information content (AvgIpc) is 2.29. The zero-order valence-electron chi connectivity index (χ0n) is 8.63. The number of nitrogens with two attached hydrogens (primary N) is 1. The van der Waals surface area contributed by atoms with Gasteiger partial charge in [-0.15, -0.1) is 0 Å². The Labute approximate surface area is 79.6 Å². The van der Waals surface area contributed by atoms with Crippen LogP contribution in [-0.4, -0.2) is 28.9 Å². The summed E-state index contributed by atoms with van der Waals surface area (Å²) in [5.74, 6) is -0.242. The molecule has 2 N–H and O–H groups in total. The first-order chi connectivity index (χ1) is 5.82. The molecule has 1 saturated heterocycles. The largest absolute Gasteiger partial charge is 0.368 e. The quantitative estimate of drug-likeness (QED) is 0.612. The minimum absolute atomic E-state index is 0.0147. The molecule has 1 amide bonds. The summed E-state index contributed by atoms with van der Waals surface area (Å²) in [6.07, 6.45) is 0.715. The standard InChI is InChI=1S/C10H18N2O/c1-7-5-8(9(11)13)12(6-7)10(2,3)4/h8H,1,5-6H2,2-4H3,(H2,11,13)/t8-/m0/s1. The van der Waals surface area contributed by atoms with E-state index in [1.807, 2.05) is 0 Å². The van der Waals surface area contributed by atoms with Crippen LogP contribution in [0.1, 0.15) is 27.2 Å². The van der Waals surface area contributed by atoms with Crippen molar-refractivity contribution in [3.05, 3.63) is 12.2 Å². The van der Waals surface area contributed by atoms with Gasteiger partial charge in [0.05, 0.1) is 6.04 Å². The summed E-state index contributed by atoms with van der Waals surface area (Å²) in [6, 6.07) is -0.160. The van der Waals surface area contributed by atoms with Crippen molar-refractivity contribution in [1.29, 1.82) is 0 Å². The lowest BCUT2D eigenvalue weighted by molar-refractivity contribution is -0.123. The van der Waals surface area contributed by atoms with Crippen molar-refractivity contribution < 1.29 is 4.79 Å². The van der Waals surface area contributed by atoms with E-state index in [0.717, 1.165) is 12.1 Å². The molecule has 0 spiro atoms. The maximum Gasteiger partial charge on any atom is 0.235 e. The average molecular weight is 182 g/mol. The first-order valence-corrected chi connectivity index (χ1v) is 4.55. The van der Waals surface area contributed by atoms with Gasteiger partial charge in [0, 0.05) is 12.1 Å². The lowest BCUT2D eigenvalue weighted by Gasteiger charge is -2.35. The van der Waals surface area contributed by atoms with Crippen LogP contribution < -0.4 is 5.73 Å². The second-order valence-electron chi connectivity index (χ2n) is 4.67. The van der Waals surface area contributed by atoms with Crippen molar-refractivity contribution in [2.45, 2.75) is 38.8 Å². The molecule has 74 valence electrons. The van der Waals surface area contributed by atoms with E-state index in [9.17, 15) is 4.79 Å². The van der Waals surface area contributed by atoms with E-state index in [1.54, 1.807) is 0 Å². The molecule has 1 atom stereocenters. The van der Waals surface area contributed by atoms with Gasteiger partial charge >= 0.3 is 0 Å². The Morgan fingerprint density at radius 2 is 2.15 bits per heavy atom. The molecule has 0 aromatic rings. The van der Waals surface area contributed by atoms with Gasteiger partial charge in [0.2, 0.25) is 5.91 Å². The zero-order chi connectivity index (χ0) is 10.2. The fraction of sp³-hybridized carbons (Fsp3) is 0.700. The van der Waals surface area contributed by atoms with Gasteiger partial charge in [-0.3, -0.25) is 9.69 Å². The van der Waals surface area contributed by atoms with E-state index in [1.165, 1.54) is 0 Å². The number of nitrogens with zero attached hydrogens (tertiary/aromatic N) is 1. The Balaban J connectivity index is 2.84. The van der Waals surface area contributed by atoms with Gasteiger partial charge in [-0.05, 0) is 27.2 Å². The summed E-state index contributed by atoms with van der Waals surface area (Å²) >= 11 is 0. The van der Waals surface area contributed by atoms with Gasteiger partial charge in [0.15, 0.2) is 0 Å². The summed E-state index contributed by atoms with van der Waals surface area (Å²) in [5.41, 5.74) is 6.41. The lowest BCUT2D eigenvalue weighted by atomic mass is 10.0. The third kappa shape index (κ3) is 2.10. The van der Waals surface area contributed by atoms with E-state index in [2.05, 4.69) is 32.3 Å². The van der Waals surface area contributed by atoms with Crippen molar-refractivity contribution in [1.82, 2.24) is 4.90 Å². The Kier molecular flexibility index (Phi) is 2.48. The van der Waals surface area contributed by atoms with E-state index in [4.69, 9.17) is 5.73 Å². The van der Waals surface area contributed by atoms with E-state index >= 15 is 0 Å². The highest BCUT2D eigenvalue weighted by Crippen LogP contribution is 2.28. The van der Waals surface area contributed by atoms with E-state index < -0.39 is 0 Å². The van der Waals surface area contributed by atoms with Crippen molar-refractivity contribution >= 4 is 5.91 Å². The molecule has 13 heavy (non-hydrogen) atoms. The van der Waals surface area contributed by atoms with Crippen molar-refractivity contribution in [2.75, 3.05) is 6.54 Å². The first kappa shape index (κ1) is 10.3. The summed E-state index contributed by atoms with van der Waals surface area (Å²) < 4.78 is 0. The van der Waals surface area contributed by atoms with Crippen LogP contribution >= 0.6 is 0 Å². The van der Waals surface area contributed by atoms with Crippen molar-refractivity contribution in [2.24, 2.45) is 5.73 Å². The highest BCUT2D eigenvalue weighted by atomic mass is 16.1. The minimum atomic E-state index is -0.242. The van der Waals surface area contributed by atoms with Crippen LogP contribution in [0, 0.1) is 0 Å². The predicted molar refractivity (Wildman–Crippen MR) is 53.2 cm³/mol. The van der Waals surface area contributed by atoms with Crippen LogP contribution in [0.2, 0.25) is 0 Å². The number of primary amides is 1. The summed E-state index contributed by atoms with van der Waals surface area (Å²) in [7, 11) is 0. The molecule has 0 aromatic heterocycles. The molecule has 0 aromatic carbocycles.